The molecular weight excluding hydrogens is 288 g/mol. The van der Waals surface area contributed by atoms with Gasteiger partial charge in [-0.15, -0.1) is 0 Å². The molecule has 0 spiro atoms. The van der Waals surface area contributed by atoms with E-state index in [2.05, 4.69) is 10.3 Å². The maximum atomic E-state index is 12.4. The monoisotopic (exact) mass is 304 g/mol. The van der Waals surface area contributed by atoms with E-state index < -0.39 is 15.7 Å². The number of sulfone groups is 1. The molecule has 0 aliphatic carbocycles. The van der Waals surface area contributed by atoms with Gasteiger partial charge in [0.2, 0.25) is 0 Å². The second-order valence-corrected chi connectivity index (χ2v) is 6.79. The molecule has 0 radical (unpaired) electrons. The summed E-state index contributed by atoms with van der Waals surface area (Å²) >= 11 is 0. The minimum absolute atomic E-state index is 0.0500. The average molecular weight is 304 g/mol. The third-order valence-corrected chi connectivity index (χ3v) is 4.90. The van der Waals surface area contributed by atoms with E-state index in [4.69, 9.17) is 0 Å². The zero-order valence-electron chi connectivity index (χ0n) is 11.8. The molecule has 1 heterocycles. The van der Waals surface area contributed by atoms with Crippen LogP contribution in [0.15, 0.2) is 47.6 Å². The average Bonchev–Trinajstić information content (AvgIpc) is 2.49. The van der Waals surface area contributed by atoms with Crippen molar-refractivity contribution in [2.75, 3.05) is 11.1 Å². The number of benzene rings is 1. The first-order valence-electron chi connectivity index (χ1n) is 6.49. The van der Waals surface area contributed by atoms with Crippen molar-refractivity contribution < 1.29 is 13.2 Å². The van der Waals surface area contributed by atoms with Crippen LogP contribution in [0.1, 0.15) is 22.8 Å². The van der Waals surface area contributed by atoms with Crippen LogP contribution < -0.4 is 5.32 Å². The molecule has 0 atom stereocenters. The molecule has 21 heavy (non-hydrogen) atoms. The maximum absolute atomic E-state index is 12.4. The van der Waals surface area contributed by atoms with Crippen LogP contribution in [0.2, 0.25) is 0 Å². The van der Waals surface area contributed by atoms with Crippen LogP contribution in [0, 0.1) is 6.92 Å². The summed E-state index contributed by atoms with van der Waals surface area (Å²) < 4.78 is 24.1. The van der Waals surface area contributed by atoms with Crippen molar-refractivity contribution in [1.29, 1.82) is 0 Å². The van der Waals surface area contributed by atoms with Gasteiger partial charge in [0, 0.05) is 18.1 Å². The van der Waals surface area contributed by atoms with E-state index in [0.717, 1.165) is 5.56 Å². The largest absolute Gasteiger partial charge is 0.322 e. The van der Waals surface area contributed by atoms with E-state index in [0.29, 0.717) is 5.69 Å². The van der Waals surface area contributed by atoms with Gasteiger partial charge in [0.25, 0.3) is 5.91 Å². The third kappa shape index (κ3) is 3.28. The van der Waals surface area contributed by atoms with Gasteiger partial charge in [-0.25, -0.2) is 8.42 Å². The Hall–Kier alpha value is -2.21. The highest BCUT2D eigenvalue weighted by atomic mass is 32.2. The number of nitrogens with one attached hydrogen (secondary N) is 1. The van der Waals surface area contributed by atoms with E-state index in [1.54, 1.807) is 37.5 Å². The number of hydrogen-bond acceptors (Lipinski definition) is 4. The van der Waals surface area contributed by atoms with Crippen LogP contribution in [0.3, 0.4) is 0 Å². The number of aromatic nitrogens is 1. The Labute approximate surface area is 124 Å². The lowest BCUT2D eigenvalue weighted by molar-refractivity contribution is 0.102. The molecule has 2 aromatic rings. The molecule has 0 unspecified atom stereocenters. The Bertz CT molecular complexity index is 770. The zero-order chi connectivity index (χ0) is 15.5. The van der Waals surface area contributed by atoms with Crippen molar-refractivity contribution in [2.24, 2.45) is 0 Å². The van der Waals surface area contributed by atoms with Crippen LogP contribution >= 0.6 is 0 Å². The van der Waals surface area contributed by atoms with Crippen LogP contribution in [0.25, 0.3) is 0 Å². The van der Waals surface area contributed by atoms with E-state index in [1.165, 1.54) is 12.1 Å². The first-order chi connectivity index (χ1) is 9.95. The zero-order valence-corrected chi connectivity index (χ0v) is 12.6. The fraction of sp³-hybridized carbons (Fsp3) is 0.200. The van der Waals surface area contributed by atoms with Crippen molar-refractivity contribution in [1.82, 2.24) is 4.98 Å². The summed E-state index contributed by atoms with van der Waals surface area (Å²) in [7, 11) is -3.45. The minimum Gasteiger partial charge on any atom is -0.322 e. The van der Waals surface area contributed by atoms with Crippen molar-refractivity contribution >= 4 is 21.4 Å². The summed E-state index contributed by atoms with van der Waals surface area (Å²) in [4.78, 5) is 16.4. The van der Waals surface area contributed by atoms with Crippen LogP contribution in [-0.2, 0) is 9.84 Å². The molecule has 0 bridgehead atoms. The molecule has 1 aromatic carbocycles. The van der Waals surface area contributed by atoms with Crippen molar-refractivity contribution in [3.05, 3.63) is 53.9 Å². The van der Waals surface area contributed by atoms with Gasteiger partial charge in [0.1, 0.15) is 0 Å². The van der Waals surface area contributed by atoms with Crippen LogP contribution in [-0.4, -0.2) is 25.1 Å². The smallest absolute Gasteiger partial charge is 0.256 e. The number of pyridine rings is 1. The predicted molar refractivity (Wildman–Crippen MR) is 81.1 cm³/mol. The highest BCUT2D eigenvalue weighted by Crippen LogP contribution is 2.19. The van der Waals surface area contributed by atoms with Gasteiger partial charge >= 0.3 is 0 Å². The van der Waals surface area contributed by atoms with Crippen molar-refractivity contribution in [2.45, 2.75) is 18.7 Å². The Kier molecular flexibility index (Phi) is 4.37. The molecule has 0 aliphatic rings. The molecular formula is C15H16N2O3S. The summed E-state index contributed by atoms with van der Waals surface area (Å²) in [5.41, 5.74) is 1.57. The molecule has 0 aliphatic heterocycles. The highest BCUT2D eigenvalue weighted by molar-refractivity contribution is 7.91. The van der Waals surface area contributed by atoms with Crippen molar-refractivity contribution in [3.8, 4) is 0 Å². The summed E-state index contributed by atoms with van der Waals surface area (Å²) in [5.74, 6) is -0.497. The lowest BCUT2D eigenvalue weighted by atomic mass is 10.2. The molecule has 1 N–H and O–H groups in total. The van der Waals surface area contributed by atoms with Crippen molar-refractivity contribution in [3.63, 3.8) is 0 Å². The predicted octanol–water partition coefficient (Wildman–Crippen LogP) is 2.44. The molecule has 1 aromatic heterocycles. The standard InChI is InChI=1S/C15H16N2O3S/c1-3-21(19,20)14-7-5-4-6-12(14)15(18)17-13-8-9-16-10-11(13)2/h4-10H,3H2,1-2H3,(H,16,17,18). The summed E-state index contributed by atoms with van der Waals surface area (Å²) in [6, 6.07) is 7.88. The molecule has 2 rings (SSSR count). The molecule has 110 valence electrons. The number of hydrogen-bond donors (Lipinski definition) is 1. The van der Waals surface area contributed by atoms with Gasteiger partial charge in [-0.3, -0.25) is 9.78 Å². The van der Waals surface area contributed by atoms with E-state index in [1.807, 2.05) is 6.92 Å². The fourth-order valence-corrected chi connectivity index (χ4v) is 2.98. The number of carbonyl (C=O) groups excluding carboxylic acids is 1. The summed E-state index contributed by atoms with van der Waals surface area (Å²) in [6.07, 6.45) is 3.20. The van der Waals surface area contributed by atoms with Crippen LogP contribution in [0.4, 0.5) is 5.69 Å². The maximum Gasteiger partial charge on any atom is 0.256 e. The first-order valence-corrected chi connectivity index (χ1v) is 8.14. The fourth-order valence-electron chi connectivity index (χ4n) is 1.88. The molecule has 1 amide bonds. The quantitative estimate of drug-likeness (QED) is 0.941. The third-order valence-electron chi connectivity index (χ3n) is 3.12. The SMILES string of the molecule is CCS(=O)(=O)c1ccccc1C(=O)Nc1ccncc1C. The first kappa shape index (κ1) is 15.2. The van der Waals surface area contributed by atoms with Gasteiger partial charge in [-0.05, 0) is 30.7 Å². The molecule has 0 saturated carbocycles. The molecule has 0 fully saturated rings. The second-order valence-electron chi connectivity index (χ2n) is 4.54. The Morgan fingerprint density at radius 3 is 2.62 bits per heavy atom. The topological polar surface area (TPSA) is 76.1 Å². The van der Waals surface area contributed by atoms with E-state index >= 15 is 0 Å². The van der Waals surface area contributed by atoms with Crippen LogP contribution in [0.5, 0.6) is 0 Å². The Morgan fingerprint density at radius 2 is 1.95 bits per heavy atom. The van der Waals surface area contributed by atoms with Gasteiger partial charge in [0.05, 0.1) is 16.2 Å². The molecule has 5 nitrogen and oxygen atoms in total. The second kappa shape index (κ2) is 6.05. The lowest BCUT2D eigenvalue weighted by Crippen LogP contribution is -2.17. The Balaban J connectivity index is 2.39. The number of rotatable bonds is 4. The molecule has 0 saturated heterocycles. The number of nitrogens with zero attached hydrogens (tertiary/aromatic N) is 1. The number of aryl methyl sites for hydroxylation is 1. The normalized spacial score (nSPS) is 11.1. The van der Waals surface area contributed by atoms with Gasteiger partial charge in [0.15, 0.2) is 9.84 Å². The van der Waals surface area contributed by atoms with E-state index in [-0.39, 0.29) is 16.2 Å². The number of carbonyl (C=O) groups is 1. The number of amides is 1. The molecule has 6 heteroatoms. The highest BCUT2D eigenvalue weighted by Gasteiger charge is 2.20. The van der Waals surface area contributed by atoms with E-state index in [9.17, 15) is 13.2 Å². The Morgan fingerprint density at radius 1 is 1.24 bits per heavy atom. The summed E-state index contributed by atoms with van der Waals surface area (Å²) in [6.45, 7) is 3.37. The summed E-state index contributed by atoms with van der Waals surface area (Å²) in [5, 5.41) is 2.72. The number of anilines is 1. The minimum atomic E-state index is -3.45. The lowest BCUT2D eigenvalue weighted by Gasteiger charge is -2.11. The van der Waals surface area contributed by atoms with Gasteiger partial charge in [-0.1, -0.05) is 19.1 Å². The van der Waals surface area contributed by atoms with Gasteiger partial charge < -0.3 is 5.32 Å². The van der Waals surface area contributed by atoms with Gasteiger partial charge in [-0.2, -0.15) is 0 Å².